The number of anilines is 1. The summed E-state index contributed by atoms with van der Waals surface area (Å²) in [4.78, 5) is 11.7. The normalized spacial score (nSPS) is 10.6. The van der Waals surface area contributed by atoms with E-state index in [4.69, 9.17) is 0 Å². The largest absolute Gasteiger partial charge is 0.306 e. The van der Waals surface area contributed by atoms with Crippen LogP contribution in [-0.2, 0) is 11.3 Å². The molecule has 2 rings (SSSR count). The fraction of sp³-hybridized carbons (Fsp3) is 0.500. The molecule has 0 bridgehead atoms. The standard InChI is InChI=1S/C10H14N6OS2/c1-3-4-16-7(2)13-15-10(16)18-5-8(17)12-9-14-11-6-19-9/h6H,3-5H2,1-2H3,(H,12,14,17). The number of hydrogen-bond donors (Lipinski definition) is 1. The SMILES string of the molecule is CCCn1c(C)nnc1SCC(=O)Nc1nncs1. The minimum Gasteiger partial charge on any atom is -0.306 e. The van der Waals surface area contributed by atoms with Gasteiger partial charge >= 0.3 is 0 Å². The van der Waals surface area contributed by atoms with Gasteiger partial charge in [0.1, 0.15) is 11.3 Å². The number of carbonyl (C=O) groups is 1. The molecule has 2 heterocycles. The number of aromatic nitrogens is 5. The predicted octanol–water partition coefficient (Wildman–Crippen LogP) is 1.58. The van der Waals surface area contributed by atoms with Crippen LogP contribution in [0.1, 0.15) is 19.2 Å². The van der Waals surface area contributed by atoms with Crippen molar-refractivity contribution in [2.75, 3.05) is 11.1 Å². The first kappa shape index (κ1) is 13.9. The van der Waals surface area contributed by atoms with Crippen molar-refractivity contribution in [3.63, 3.8) is 0 Å². The van der Waals surface area contributed by atoms with E-state index in [1.807, 2.05) is 11.5 Å². The molecule has 0 aliphatic carbocycles. The summed E-state index contributed by atoms with van der Waals surface area (Å²) in [5.41, 5.74) is 1.57. The fourth-order valence-corrected chi connectivity index (χ4v) is 2.73. The molecule has 0 unspecified atom stereocenters. The van der Waals surface area contributed by atoms with Crippen LogP contribution in [0.3, 0.4) is 0 Å². The van der Waals surface area contributed by atoms with E-state index in [2.05, 4.69) is 32.6 Å². The monoisotopic (exact) mass is 298 g/mol. The number of carbonyl (C=O) groups excluding carboxylic acids is 1. The number of nitrogens with zero attached hydrogens (tertiary/aromatic N) is 5. The van der Waals surface area contributed by atoms with Crippen LogP contribution in [0.4, 0.5) is 5.13 Å². The molecule has 0 atom stereocenters. The number of hydrogen-bond acceptors (Lipinski definition) is 7. The second-order valence-electron chi connectivity index (χ2n) is 3.76. The van der Waals surface area contributed by atoms with E-state index in [-0.39, 0.29) is 11.7 Å². The molecule has 1 N–H and O–H groups in total. The molecule has 0 spiro atoms. The van der Waals surface area contributed by atoms with Gasteiger partial charge in [0.05, 0.1) is 5.75 Å². The van der Waals surface area contributed by atoms with Gasteiger partial charge in [0.2, 0.25) is 11.0 Å². The number of thioether (sulfide) groups is 1. The van der Waals surface area contributed by atoms with Gasteiger partial charge in [-0.3, -0.25) is 10.1 Å². The van der Waals surface area contributed by atoms with E-state index < -0.39 is 0 Å². The molecule has 0 aliphatic heterocycles. The predicted molar refractivity (Wildman–Crippen MR) is 74.3 cm³/mol. The fourth-order valence-electron chi connectivity index (χ4n) is 1.46. The Kier molecular flexibility index (Phi) is 4.86. The van der Waals surface area contributed by atoms with Crippen LogP contribution in [0.2, 0.25) is 0 Å². The van der Waals surface area contributed by atoms with Crippen molar-refractivity contribution in [3.8, 4) is 0 Å². The Morgan fingerprint density at radius 1 is 1.47 bits per heavy atom. The maximum Gasteiger partial charge on any atom is 0.236 e. The lowest BCUT2D eigenvalue weighted by molar-refractivity contribution is -0.113. The van der Waals surface area contributed by atoms with Crippen molar-refractivity contribution in [2.45, 2.75) is 32.0 Å². The van der Waals surface area contributed by atoms with Gasteiger partial charge in [-0.1, -0.05) is 30.0 Å². The summed E-state index contributed by atoms with van der Waals surface area (Å²) < 4.78 is 2.02. The zero-order valence-electron chi connectivity index (χ0n) is 10.7. The quantitative estimate of drug-likeness (QED) is 0.815. The molecule has 2 aromatic rings. The average molecular weight is 298 g/mol. The summed E-state index contributed by atoms with van der Waals surface area (Å²) >= 11 is 2.66. The highest BCUT2D eigenvalue weighted by atomic mass is 32.2. The van der Waals surface area contributed by atoms with Gasteiger partial charge in [-0.05, 0) is 13.3 Å². The van der Waals surface area contributed by atoms with Gasteiger partial charge in [0.15, 0.2) is 5.16 Å². The molecule has 102 valence electrons. The molecule has 0 aliphatic rings. The third kappa shape index (κ3) is 3.74. The molecule has 0 saturated heterocycles. The van der Waals surface area contributed by atoms with E-state index in [0.29, 0.717) is 5.13 Å². The molecule has 1 amide bonds. The second-order valence-corrected chi connectivity index (χ2v) is 5.54. The lowest BCUT2D eigenvalue weighted by Gasteiger charge is -2.05. The maximum atomic E-state index is 11.7. The molecule has 9 heteroatoms. The highest BCUT2D eigenvalue weighted by Gasteiger charge is 2.11. The Labute approximate surface area is 118 Å². The van der Waals surface area contributed by atoms with Crippen LogP contribution in [0.15, 0.2) is 10.7 Å². The topological polar surface area (TPSA) is 85.6 Å². The smallest absolute Gasteiger partial charge is 0.236 e. The van der Waals surface area contributed by atoms with Crippen LogP contribution in [0.5, 0.6) is 0 Å². The highest BCUT2D eigenvalue weighted by Crippen LogP contribution is 2.18. The summed E-state index contributed by atoms with van der Waals surface area (Å²) in [5, 5.41) is 19.5. The van der Waals surface area contributed by atoms with Gasteiger partial charge < -0.3 is 4.57 Å². The van der Waals surface area contributed by atoms with E-state index in [0.717, 1.165) is 23.9 Å². The van der Waals surface area contributed by atoms with Gasteiger partial charge in [0, 0.05) is 6.54 Å². The zero-order valence-corrected chi connectivity index (χ0v) is 12.3. The Morgan fingerprint density at radius 3 is 3.00 bits per heavy atom. The Hall–Kier alpha value is -1.48. The first-order chi connectivity index (χ1) is 9.20. The number of rotatable bonds is 6. The lowest BCUT2D eigenvalue weighted by atomic mass is 10.5. The second kappa shape index (κ2) is 6.62. The van der Waals surface area contributed by atoms with Crippen LogP contribution in [-0.4, -0.2) is 36.6 Å². The van der Waals surface area contributed by atoms with E-state index >= 15 is 0 Å². The van der Waals surface area contributed by atoms with Crippen molar-refractivity contribution < 1.29 is 4.79 Å². The molecule has 0 saturated carbocycles. The first-order valence-corrected chi connectivity index (χ1v) is 7.66. The van der Waals surface area contributed by atoms with Crippen molar-refractivity contribution in [1.82, 2.24) is 25.0 Å². The van der Waals surface area contributed by atoms with Crippen LogP contribution in [0.25, 0.3) is 0 Å². The van der Waals surface area contributed by atoms with E-state index in [1.165, 1.54) is 23.1 Å². The van der Waals surface area contributed by atoms with Crippen LogP contribution >= 0.6 is 23.1 Å². The van der Waals surface area contributed by atoms with Crippen molar-refractivity contribution in [3.05, 3.63) is 11.3 Å². The number of aryl methyl sites for hydroxylation is 1. The molecular formula is C10H14N6OS2. The summed E-state index contributed by atoms with van der Waals surface area (Å²) in [6, 6.07) is 0. The van der Waals surface area contributed by atoms with Gasteiger partial charge in [-0.25, -0.2) is 0 Å². The summed E-state index contributed by atoms with van der Waals surface area (Å²) in [5.74, 6) is 1.03. The highest BCUT2D eigenvalue weighted by molar-refractivity contribution is 7.99. The third-order valence-electron chi connectivity index (χ3n) is 2.29. The van der Waals surface area contributed by atoms with Crippen LogP contribution < -0.4 is 5.32 Å². The Balaban J connectivity index is 1.89. The van der Waals surface area contributed by atoms with Crippen molar-refractivity contribution in [1.29, 1.82) is 0 Å². The third-order valence-corrected chi connectivity index (χ3v) is 3.86. The van der Waals surface area contributed by atoms with Gasteiger partial charge in [-0.2, -0.15) is 0 Å². The van der Waals surface area contributed by atoms with Gasteiger partial charge in [0.25, 0.3) is 0 Å². The summed E-state index contributed by atoms with van der Waals surface area (Å²) in [6.07, 6.45) is 1.00. The molecular weight excluding hydrogens is 284 g/mol. The van der Waals surface area contributed by atoms with Crippen molar-refractivity contribution >= 4 is 34.1 Å². The Morgan fingerprint density at radius 2 is 2.32 bits per heavy atom. The minimum absolute atomic E-state index is 0.120. The van der Waals surface area contributed by atoms with E-state index in [9.17, 15) is 4.79 Å². The minimum atomic E-state index is -0.120. The number of nitrogens with one attached hydrogen (secondary N) is 1. The van der Waals surface area contributed by atoms with Crippen LogP contribution in [0, 0.1) is 6.92 Å². The lowest BCUT2D eigenvalue weighted by Crippen LogP contribution is -2.14. The summed E-state index contributed by atoms with van der Waals surface area (Å²) in [6.45, 7) is 4.86. The zero-order chi connectivity index (χ0) is 13.7. The molecule has 2 aromatic heterocycles. The number of amides is 1. The van der Waals surface area contributed by atoms with Gasteiger partial charge in [-0.15, -0.1) is 20.4 Å². The first-order valence-electron chi connectivity index (χ1n) is 5.79. The molecule has 7 nitrogen and oxygen atoms in total. The van der Waals surface area contributed by atoms with Crippen molar-refractivity contribution in [2.24, 2.45) is 0 Å². The molecule has 0 radical (unpaired) electrons. The summed E-state index contributed by atoms with van der Waals surface area (Å²) in [7, 11) is 0. The maximum absolute atomic E-state index is 11.7. The van der Waals surface area contributed by atoms with E-state index in [1.54, 1.807) is 5.51 Å². The molecule has 19 heavy (non-hydrogen) atoms. The Bertz CT molecular complexity index is 538. The average Bonchev–Trinajstić information content (AvgIpc) is 3.00. The molecule has 0 aromatic carbocycles. The molecule has 0 fully saturated rings.